The van der Waals surface area contributed by atoms with Crippen molar-refractivity contribution < 1.29 is 24.2 Å². The van der Waals surface area contributed by atoms with E-state index in [0.717, 1.165) is 32.2 Å². The van der Waals surface area contributed by atoms with Crippen molar-refractivity contribution in [3.05, 3.63) is 16.1 Å². The third kappa shape index (κ3) is 7.47. The Morgan fingerprint density at radius 3 is 2.57 bits per heavy atom. The summed E-state index contributed by atoms with van der Waals surface area (Å²) in [7, 11) is 4.97. The molecule has 35 heavy (non-hydrogen) atoms. The number of hydrogen-bond donors (Lipinski definition) is 2. The number of carbonyl (C=O) groups excluding carboxylic acids is 3. The van der Waals surface area contributed by atoms with E-state index in [1.807, 2.05) is 34.7 Å². The van der Waals surface area contributed by atoms with Crippen LogP contribution < -0.4 is 5.32 Å². The highest BCUT2D eigenvalue weighted by Crippen LogP contribution is 2.28. The van der Waals surface area contributed by atoms with E-state index in [4.69, 9.17) is 4.74 Å². The number of carbonyl (C=O) groups is 3. The number of hydrogen-bond acceptors (Lipinski definition) is 8. The molecule has 1 saturated heterocycles. The van der Waals surface area contributed by atoms with Crippen LogP contribution in [0.3, 0.4) is 0 Å². The Balaban J connectivity index is 2.16. The van der Waals surface area contributed by atoms with Gasteiger partial charge in [0.05, 0.1) is 13.2 Å². The van der Waals surface area contributed by atoms with E-state index in [0.29, 0.717) is 5.01 Å². The molecule has 0 radical (unpaired) electrons. The number of thiazole rings is 1. The predicted molar refractivity (Wildman–Crippen MR) is 136 cm³/mol. The zero-order chi connectivity index (χ0) is 26.3. The lowest BCUT2D eigenvalue weighted by Gasteiger charge is -2.38. The van der Waals surface area contributed by atoms with Crippen LogP contribution in [-0.2, 0) is 14.3 Å². The van der Waals surface area contributed by atoms with E-state index in [-0.39, 0.29) is 47.8 Å². The molecular weight excluding hydrogens is 468 g/mol. The molecule has 0 bridgehead atoms. The minimum atomic E-state index is -0.936. The number of amides is 2. The molecule has 2 amide bonds. The van der Waals surface area contributed by atoms with E-state index in [1.165, 1.54) is 18.4 Å². The van der Waals surface area contributed by atoms with E-state index in [2.05, 4.69) is 15.2 Å². The standard InChI is InChI=1S/C25H42N4O5S/c1-8-16(4)21(27-22(31)18-11-9-10-12-28(18)5)24(32)29(6)19(15(2)3)13-20(30)23-26-17(14-35-23)25(33)34-7/h14-16,18-21,30H,8-13H2,1-7H3,(H,27,31)/t16-,18+,19+,20+,21-/m0/s1. The van der Waals surface area contributed by atoms with Gasteiger partial charge in [-0.05, 0) is 38.3 Å². The van der Waals surface area contributed by atoms with Crippen LogP contribution in [0.4, 0.5) is 0 Å². The first-order chi connectivity index (χ1) is 16.5. The minimum Gasteiger partial charge on any atom is -0.464 e. The summed E-state index contributed by atoms with van der Waals surface area (Å²) in [4.78, 5) is 46.4. The number of likely N-dealkylation sites (N-methyl/N-ethyl adjacent to an activating group) is 2. The molecule has 2 N–H and O–H groups in total. The molecule has 9 nitrogen and oxygen atoms in total. The van der Waals surface area contributed by atoms with E-state index < -0.39 is 18.1 Å². The van der Waals surface area contributed by atoms with E-state index in [1.54, 1.807) is 17.3 Å². The molecule has 0 spiro atoms. The second kappa shape index (κ2) is 13.3. The van der Waals surface area contributed by atoms with E-state index in [9.17, 15) is 19.5 Å². The zero-order valence-corrected chi connectivity index (χ0v) is 22.9. The number of piperidine rings is 1. The van der Waals surface area contributed by atoms with Gasteiger partial charge in [0.15, 0.2) is 5.69 Å². The van der Waals surface area contributed by atoms with Crippen LogP contribution in [0.15, 0.2) is 5.38 Å². The smallest absolute Gasteiger partial charge is 0.357 e. The molecule has 0 saturated carbocycles. The van der Waals surface area contributed by atoms with Crippen LogP contribution in [-0.4, -0.2) is 83.5 Å². The molecule has 1 aliphatic rings. The monoisotopic (exact) mass is 510 g/mol. The molecule has 2 rings (SSSR count). The van der Waals surface area contributed by atoms with Gasteiger partial charge >= 0.3 is 5.97 Å². The summed E-state index contributed by atoms with van der Waals surface area (Å²) in [5.74, 6) is -0.799. The van der Waals surface area contributed by atoms with Gasteiger partial charge in [-0.3, -0.25) is 14.5 Å². The van der Waals surface area contributed by atoms with Crippen LogP contribution in [0, 0.1) is 11.8 Å². The number of esters is 1. The molecule has 10 heteroatoms. The van der Waals surface area contributed by atoms with Gasteiger partial charge in [0, 0.05) is 24.9 Å². The second-order valence-corrected chi connectivity index (χ2v) is 10.8. The Morgan fingerprint density at radius 1 is 1.31 bits per heavy atom. The maximum atomic E-state index is 13.7. The Kier molecular flexibility index (Phi) is 11.1. The number of aliphatic hydroxyl groups excluding tert-OH is 1. The number of nitrogens with one attached hydrogen (secondary N) is 1. The van der Waals surface area contributed by atoms with Crippen molar-refractivity contribution in [2.75, 3.05) is 27.7 Å². The number of likely N-dealkylation sites (tertiary alicyclic amines) is 1. The summed E-state index contributed by atoms with van der Waals surface area (Å²) in [6, 6.07) is -1.15. The van der Waals surface area contributed by atoms with Crippen molar-refractivity contribution in [2.45, 2.75) is 84.0 Å². The first-order valence-electron chi connectivity index (χ1n) is 12.5. The Bertz CT molecular complexity index is 861. The Morgan fingerprint density at radius 2 is 2.00 bits per heavy atom. The fraction of sp³-hybridized carbons (Fsp3) is 0.760. The van der Waals surface area contributed by atoms with Gasteiger partial charge < -0.3 is 20.1 Å². The van der Waals surface area contributed by atoms with Crippen molar-refractivity contribution in [1.29, 1.82) is 0 Å². The molecule has 0 unspecified atom stereocenters. The molecule has 5 atom stereocenters. The highest BCUT2D eigenvalue weighted by atomic mass is 32.1. The summed E-state index contributed by atoms with van der Waals surface area (Å²) >= 11 is 1.19. The molecule has 0 aliphatic carbocycles. The number of ether oxygens (including phenoxy) is 1. The molecule has 2 heterocycles. The van der Waals surface area contributed by atoms with Gasteiger partial charge in [0.25, 0.3) is 0 Å². The van der Waals surface area contributed by atoms with Gasteiger partial charge in [0.2, 0.25) is 11.8 Å². The fourth-order valence-electron chi connectivity index (χ4n) is 4.57. The quantitative estimate of drug-likeness (QED) is 0.440. The molecule has 1 aliphatic heterocycles. The highest BCUT2D eigenvalue weighted by Gasteiger charge is 2.36. The van der Waals surface area contributed by atoms with Gasteiger partial charge in [-0.1, -0.05) is 40.5 Å². The Hall–Kier alpha value is -2.04. The number of rotatable bonds is 11. The van der Waals surface area contributed by atoms with E-state index >= 15 is 0 Å². The fourth-order valence-corrected chi connectivity index (χ4v) is 5.35. The SMILES string of the molecule is CC[C@H](C)[C@H](NC(=O)[C@H]1CCCCN1C)C(=O)N(C)[C@H](C[C@@H](O)c1nc(C(=O)OC)cs1)C(C)C. The molecule has 1 aromatic heterocycles. The largest absolute Gasteiger partial charge is 0.464 e. The van der Waals surface area contributed by atoms with Gasteiger partial charge in [-0.15, -0.1) is 11.3 Å². The lowest BCUT2D eigenvalue weighted by Crippen LogP contribution is -2.58. The van der Waals surface area contributed by atoms with Crippen LogP contribution in [0.5, 0.6) is 0 Å². The van der Waals surface area contributed by atoms with Crippen LogP contribution in [0.1, 0.15) is 81.4 Å². The first-order valence-corrected chi connectivity index (χ1v) is 13.4. The maximum absolute atomic E-state index is 13.7. The van der Waals surface area contributed by atoms with Crippen molar-refractivity contribution >= 4 is 29.1 Å². The average Bonchev–Trinajstić information content (AvgIpc) is 3.34. The number of nitrogens with zero attached hydrogens (tertiary/aromatic N) is 3. The summed E-state index contributed by atoms with van der Waals surface area (Å²) in [5, 5.41) is 15.9. The van der Waals surface area contributed by atoms with Gasteiger partial charge in [0.1, 0.15) is 17.2 Å². The first kappa shape index (κ1) is 29.2. The normalized spacial score (nSPS) is 20.1. The topological polar surface area (TPSA) is 112 Å². The highest BCUT2D eigenvalue weighted by molar-refractivity contribution is 7.09. The van der Waals surface area contributed by atoms with Crippen LogP contribution >= 0.6 is 11.3 Å². The number of aliphatic hydroxyl groups is 1. The summed E-state index contributed by atoms with van der Waals surface area (Å²) in [6.45, 7) is 8.86. The number of methoxy groups -OCH3 is 1. The average molecular weight is 511 g/mol. The lowest BCUT2D eigenvalue weighted by molar-refractivity contribution is -0.141. The molecule has 0 aromatic carbocycles. The predicted octanol–water partition coefficient (Wildman–Crippen LogP) is 2.85. The number of aromatic nitrogens is 1. The van der Waals surface area contributed by atoms with Crippen molar-refractivity contribution in [2.24, 2.45) is 11.8 Å². The minimum absolute atomic E-state index is 0.0397. The van der Waals surface area contributed by atoms with Crippen molar-refractivity contribution in [3.63, 3.8) is 0 Å². The van der Waals surface area contributed by atoms with Crippen molar-refractivity contribution in [3.8, 4) is 0 Å². The maximum Gasteiger partial charge on any atom is 0.357 e. The molecule has 1 fully saturated rings. The summed E-state index contributed by atoms with van der Waals surface area (Å²) in [5.41, 5.74) is 0.157. The molecular formula is C25H42N4O5S. The lowest BCUT2D eigenvalue weighted by atomic mass is 9.92. The zero-order valence-electron chi connectivity index (χ0n) is 22.1. The van der Waals surface area contributed by atoms with Crippen LogP contribution in [0.2, 0.25) is 0 Å². The Labute approximate surface area is 213 Å². The molecule has 198 valence electrons. The second-order valence-electron chi connectivity index (χ2n) is 9.94. The van der Waals surface area contributed by atoms with Crippen LogP contribution in [0.25, 0.3) is 0 Å². The third-order valence-corrected chi connectivity index (χ3v) is 8.08. The summed E-state index contributed by atoms with van der Waals surface area (Å²) < 4.78 is 4.69. The van der Waals surface area contributed by atoms with Gasteiger partial charge in [-0.25, -0.2) is 9.78 Å². The van der Waals surface area contributed by atoms with Crippen molar-refractivity contribution in [1.82, 2.24) is 20.1 Å². The molecule has 1 aromatic rings. The summed E-state index contributed by atoms with van der Waals surface area (Å²) in [6.07, 6.45) is 2.95. The van der Waals surface area contributed by atoms with Gasteiger partial charge in [-0.2, -0.15) is 0 Å². The third-order valence-electron chi connectivity index (χ3n) is 7.13.